The lowest BCUT2D eigenvalue weighted by atomic mass is 10.1. The number of aryl methyl sites for hydroxylation is 1. The molecule has 1 aliphatic heterocycles. The second kappa shape index (κ2) is 7.16. The fraction of sp³-hybridized carbons (Fsp3) is 0.304. The largest absolute Gasteiger partial charge is 0.359 e. The molecule has 0 spiro atoms. The number of anilines is 1. The van der Waals surface area contributed by atoms with Crippen LogP contribution in [0.3, 0.4) is 0 Å². The highest BCUT2D eigenvalue weighted by atomic mass is 32.1. The average Bonchev–Trinajstić information content (AvgIpc) is 3.17. The number of nitrogens with one attached hydrogen (secondary N) is 1. The number of likely N-dealkylation sites (tertiary alicyclic amines) is 1. The number of fused-ring (bicyclic) bond motifs is 2. The van der Waals surface area contributed by atoms with Crippen molar-refractivity contribution in [1.29, 1.82) is 0 Å². The number of para-hydroxylation sites is 1. The normalized spacial score (nSPS) is 22.0. The molecule has 3 heterocycles. The zero-order chi connectivity index (χ0) is 20.9. The number of amides is 1. The minimum Gasteiger partial charge on any atom is -0.359 e. The van der Waals surface area contributed by atoms with Crippen LogP contribution in [0.5, 0.6) is 0 Å². The van der Waals surface area contributed by atoms with Crippen LogP contribution in [0.4, 0.5) is 5.13 Å². The van der Waals surface area contributed by atoms with Crippen molar-refractivity contribution >= 4 is 32.6 Å². The number of benzene rings is 2. The van der Waals surface area contributed by atoms with Gasteiger partial charge in [0, 0.05) is 13.1 Å². The van der Waals surface area contributed by atoms with Crippen LogP contribution in [0.2, 0.25) is 0 Å². The maximum Gasteiger partial charge on any atom is 0.256 e. The van der Waals surface area contributed by atoms with Gasteiger partial charge in [0.15, 0.2) is 5.13 Å². The molecule has 1 saturated heterocycles. The quantitative estimate of drug-likeness (QED) is 0.522. The summed E-state index contributed by atoms with van der Waals surface area (Å²) in [6.45, 7) is 3.54. The molecule has 2 aromatic heterocycles. The molecular weight excluding hydrogens is 408 g/mol. The van der Waals surface area contributed by atoms with Crippen LogP contribution in [0.25, 0.3) is 15.9 Å². The Labute approximate surface area is 183 Å². The van der Waals surface area contributed by atoms with Gasteiger partial charge in [0.05, 0.1) is 39.9 Å². The predicted molar refractivity (Wildman–Crippen MR) is 121 cm³/mol. The van der Waals surface area contributed by atoms with Crippen molar-refractivity contribution in [3.05, 3.63) is 66.0 Å². The van der Waals surface area contributed by atoms with Gasteiger partial charge in [-0.15, -0.1) is 0 Å². The first-order valence-corrected chi connectivity index (χ1v) is 11.4. The third kappa shape index (κ3) is 3.27. The molecular formula is C23H22N6OS. The summed E-state index contributed by atoms with van der Waals surface area (Å²) in [5.74, 6) is 1.24. The first kappa shape index (κ1) is 18.5. The van der Waals surface area contributed by atoms with Crippen LogP contribution < -0.4 is 5.32 Å². The van der Waals surface area contributed by atoms with Gasteiger partial charge in [0.1, 0.15) is 0 Å². The summed E-state index contributed by atoms with van der Waals surface area (Å²) in [6, 6.07) is 14.2. The lowest BCUT2D eigenvalue weighted by Gasteiger charge is -2.28. The van der Waals surface area contributed by atoms with Crippen molar-refractivity contribution in [3.63, 3.8) is 0 Å². The molecule has 0 unspecified atom stereocenters. The average molecular weight is 431 g/mol. The van der Waals surface area contributed by atoms with E-state index in [2.05, 4.69) is 26.6 Å². The zero-order valence-corrected chi connectivity index (χ0v) is 17.9. The Balaban J connectivity index is 1.26. The molecule has 8 heteroatoms. The van der Waals surface area contributed by atoms with Gasteiger partial charge >= 0.3 is 0 Å². The molecule has 4 aromatic rings. The fourth-order valence-corrected chi connectivity index (χ4v) is 5.57. The molecule has 1 saturated carbocycles. The maximum atomic E-state index is 13.7. The molecule has 3 atom stereocenters. The summed E-state index contributed by atoms with van der Waals surface area (Å²) in [4.78, 5) is 21.9. The van der Waals surface area contributed by atoms with Crippen molar-refractivity contribution in [1.82, 2.24) is 24.9 Å². The molecule has 6 rings (SSSR count). The van der Waals surface area contributed by atoms with Gasteiger partial charge in [-0.2, -0.15) is 15.0 Å². The molecule has 31 heavy (non-hydrogen) atoms. The predicted octanol–water partition coefficient (Wildman–Crippen LogP) is 3.76. The van der Waals surface area contributed by atoms with E-state index in [-0.39, 0.29) is 11.9 Å². The molecule has 2 aliphatic rings. The van der Waals surface area contributed by atoms with Crippen molar-refractivity contribution in [2.45, 2.75) is 19.4 Å². The molecule has 7 nitrogen and oxygen atoms in total. The number of hydrogen-bond acceptors (Lipinski definition) is 6. The van der Waals surface area contributed by atoms with E-state index in [4.69, 9.17) is 0 Å². The summed E-state index contributed by atoms with van der Waals surface area (Å²) >= 11 is 1.66. The molecule has 2 aromatic carbocycles. The van der Waals surface area contributed by atoms with Gasteiger partial charge in [-0.05, 0) is 49.4 Å². The third-order valence-electron chi connectivity index (χ3n) is 6.34. The summed E-state index contributed by atoms with van der Waals surface area (Å²) in [6.07, 6.45) is 4.46. The van der Waals surface area contributed by atoms with Gasteiger partial charge in [-0.1, -0.05) is 35.1 Å². The second-order valence-electron chi connectivity index (χ2n) is 8.39. The van der Waals surface area contributed by atoms with Gasteiger partial charge < -0.3 is 10.2 Å². The summed E-state index contributed by atoms with van der Waals surface area (Å²) in [7, 11) is 0. The van der Waals surface area contributed by atoms with E-state index in [0.29, 0.717) is 23.9 Å². The monoisotopic (exact) mass is 430 g/mol. The van der Waals surface area contributed by atoms with E-state index in [1.165, 1.54) is 15.9 Å². The molecule has 2 fully saturated rings. The van der Waals surface area contributed by atoms with E-state index in [1.807, 2.05) is 48.2 Å². The standard InChI is InChI=1S/C23H22N6OS/c1-14-6-7-19(29-25-8-9-26-29)17(10-14)22(30)28-13-15-11-16(15)20(28)12-24-23-27-18-4-2-3-5-21(18)31-23/h2-10,15-16,20H,11-13H2,1H3,(H,24,27)/t15-,16-,20-/m1/s1. The van der Waals surface area contributed by atoms with E-state index in [1.54, 1.807) is 23.7 Å². The van der Waals surface area contributed by atoms with E-state index in [0.717, 1.165) is 28.4 Å². The van der Waals surface area contributed by atoms with Gasteiger partial charge in [0.25, 0.3) is 5.91 Å². The molecule has 156 valence electrons. The smallest absolute Gasteiger partial charge is 0.256 e. The van der Waals surface area contributed by atoms with Crippen molar-refractivity contribution in [2.24, 2.45) is 11.8 Å². The van der Waals surface area contributed by atoms with Crippen LogP contribution in [-0.4, -0.2) is 49.9 Å². The van der Waals surface area contributed by atoms with Crippen LogP contribution in [0, 0.1) is 18.8 Å². The topological polar surface area (TPSA) is 75.9 Å². The Kier molecular flexibility index (Phi) is 4.27. The van der Waals surface area contributed by atoms with Crippen LogP contribution in [0.15, 0.2) is 54.9 Å². The van der Waals surface area contributed by atoms with Gasteiger partial charge in [-0.25, -0.2) is 4.98 Å². The first-order valence-electron chi connectivity index (χ1n) is 10.5. The lowest BCUT2D eigenvalue weighted by molar-refractivity contribution is 0.0715. The lowest BCUT2D eigenvalue weighted by Crippen LogP contribution is -2.42. The Morgan fingerprint density at radius 1 is 1.19 bits per heavy atom. The number of thiazole rings is 1. The first-order chi connectivity index (χ1) is 15.2. The highest BCUT2D eigenvalue weighted by molar-refractivity contribution is 7.22. The number of piperidine rings is 1. The minimum atomic E-state index is 0.0549. The summed E-state index contributed by atoms with van der Waals surface area (Å²) < 4.78 is 1.17. The SMILES string of the molecule is Cc1ccc(-n2nccn2)c(C(=O)N2C[C@H]3C[C@H]3[C@H]2CNc2nc3ccccc3s2)c1. The molecule has 1 amide bonds. The number of hydrogen-bond donors (Lipinski definition) is 1. The Hall–Kier alpha value is -3.26. The zero-order valence-electron chi connectivity index (χ0n) is 17.1. The van der Waals surface area contributed by atoms with Crippen LogP contribution in [-0.2, 0) is 0 Å². The van der Waals surface area contributed by atoms with Crippen molar-refractivity contribution in [3.8, 4) is 5.69 Å². The minimum absolute atomic E-state index is 0.0549. The number of carbonyl (C=O) groups is 1. The van der Waals surface area contributed by atoms with Crippen LogP contribution >= 0.6 is 11.3 Å². The highest BCUT2D eigenvalue weighted by Crippen LogP contribution is 2.50. The Morgan fingerprint density at radius 2 is 2.03 bits per heavy atom. The number of aromatic nitrogens is 4. The Morgan fingerprint density at radius 3 is 2.87 bits per heavy atom. The fourth-order valence-electron chi connectivity index (χ4n) is 4.70. The number of rotatable bonds is 5. The summed E-state index contributed by atoms with van der Waals surface area (Å²) in [5, 5.41) is 12.9. The van der Waals surface area contributed by atoms with E-state index < -0.39 is 0 Å². The van der Waals surface area contributed by atoms with Crippen molar-refractivity contribution in [2.75, 3.05) is 18.4 Å². The third-order valence-corrected chi connectivity index (χ3v) is 7.33. The molecule has 1 N–H and O–H groups in total. The van der Waals surface area contributed by atoms with Crippen molar-refractivity contribution < 1.29 is 4.79 Å². The second-order valence-corrected chi connectivity index (χ2v) is 9.42. The summed E-state index contributed by atoms with van der Waals surface area (Å²) in [5.41, 5.74) is 3.43. The van der Waals surface area contributed by atoms with Gasteiger partial charge in [-0.3, -0.25) is 4.79 Å². The molecule has 0 radical (unpaired) electrons. The molecule has 1 aliphatic carbocycles. The number of carbonyl (C=O) groups excluding carboxylic acids is 1. The van der Waals surface area contributed by atoms with Crippen LogP contribution in [0.1, 0.15) is 22.3 Å². The van der Waals surface area contributed by atoms with E-state index >= 15 is 0 Å². The van der Waals surface area contributed by atoms with Gasteiger partial charge in [0.2, 0.25) is 0 Å². The molecule has 0 bridgehead atoms. The number of nitrogens with zero attached hydrogens (tertiary/aromatic N) is 5. The van der Waals surface area contributed by atoms with E-state index in [9.17, 15) is 4.79 Å². The Bertz CT molecular complexity index is 1230. The highest BCUT2D eigenvalue weighted by Gasteiger charge is 2.54. The maximum absolute atomic E-state index is 13.7.